The average molecular weight is 389 g/mol. The van der Waals surface area contributed by atoms with Crippen molar-refractivity contribution in [2.45, 2.75) is 39.7 Å². The third-order valence-electron chi connectivity index (χ3n) is 4.27. The summed E-state index contributed by atoms with van der Waals surface area (Å²) in [6.45, 7) is 6.24. The number of amides is 3. The van der Waals surface area contributed by atoms with Crippen LogP contribution in [0.1, 0.15) is 44.0 Å². The number of hydrogen-bond acceptors (Lipinski definition) is 5. The number of anilines is 1. The zero-order chi connectivity index (χ0) is 20.7. The second-order valence-corrected chi connectivity index (χ2v) is 7.15. The summed E-state index contributed by atoms with van der Waals surface area (Å²) in [6.07, 6.45) is 0.440. The minimum atomic E-state index is -0.930. The molecule has 0 bridgehead atoms. The van der Waals surface area contributed by atoms with Crippen molar-refractivity contribution in [1.82, 2.24) is 10.6 Å². The van der Waals surface area contributed by atoms with E-state index in [0.717, 1.165) is 12.1 Å². The maximum Gasteiger partial charge on any atom is 0.326 e. The molecule has 8 nitrogen and oxygen atoms in total. The van der Waals surface area contributed by atoms with Gasteiger partial charge in [-0.3, -0.25) is 19.2 Å². The lowest BCUT2D eigenvalue weighted by atomic mass is 10.2. The SMILES string of the molecule is CC(C)CNC(=O)[C@H](C)OC(=O)CNC(=O)c1ccc(N2CCCC2=O)cc1. The first-order valence-corrected chi connectivity index (χ1v) is 9.43. The molecule has 152 valence electrons. The molecule has 1 saturated heterocycles. The van der Waals surface area contributed by atoms with E-state index in [4.69, 9.17) is 4.74 Å². The molecule has 1 aliphatic rings. The summed E-state index contributed by atoms with van der Waals surface area (Å²) in [5.41, 5.74) is 1.12. The van der Waals surface area contributed by atoms with Gasteiger partial charge < -0.3 is 20.3 Å². The van der Waals surface area contributed by atoms with E-state index in [9.17, 15) is 19.2 Å². The Morgan fingerprint density at radius 2 is 1.79 bits per heavy atom. The Kier molecular flexibility index (Phi) is 7.54. The molecule has 0 aromatic heterocycles. The Morgan fingerprint density at radius 3 is 2.36 bits per heavy atom. The minimum absolute atomic E-state index is 0.0755. The molecule has 28 heavy (non-hydrogen) atoms. The molecule has 1 atom stereocenters. The van der Waals surface area contributed by atoms with Crippen LogP contribution in [0.3, 0.4) is 0 Å². The van der Waals surface area contributed by atoms with Gasteiger partial charge >= 0.3 is 5.97 Å². The number of nitrogens with one attached hydrogen (secondary N) is 2. The predicted molar refractivity (Wildman–Crippen MR) is 104 cm³/mol. The number of ether oxygens (including phenoxy) is 1. The number of hydrogen-bond donors (Lipinski definition) is 2. The number of nitrogens with zero attached hydrogens (tertiary/aromatic N) is 1. The lowest BCUT2D eigenvalue weighted by molar-refractivity contribution is -0.153. The highest BCUT2D eigenvalue weighted by atomic mass is 16.5. The molecule has 2 rings (SSSR count). The van der Waals surface area contributed by atoms with Crippen molar-refractivity contribution in [1.29, 1.82) is 0 Å². The van der Waals surface area contributed by atoms with Crippen molar-refractivity contribution in [3.8, 4) is 0 Å². The fourth-order valence-electron chi connectivity index (χ4n) is 2.71. The van der Waals surface area contributed by atoms with Crippen molar-refractivity contribution < 1.29 is 23.9 Å². The zero-order valence-electron chi connectivity index (χ0n) is 16.5. The number of rotatable bonds is 8. The molecule has 1 heterocycles. The van der Waals surface area contributed by atoms with Gasteiger partial charge in [0.1, 0.15) is 6.54 Å². The van der Waals surface area contributed by atoms with Crippen LogP contribution in [0.5, 0.6) is 0 Å². The molecule has 0 aliphatic carbocycles. The Hall–Kier alpha value is -2.90. The first-order valence-electron chi connectivity index (χ1n) is 9.43. The summed E-state index contributed by atoms with van der Waals surface area (Å²) in [5, 5.41) is 5.14. The molecular weight excluding hydrogens is 362 g/mol. The van der Waals surface area contributed by atoms with Crippen LogP contribution in [-0.4, -0.2) is 49.4 Å². The molecule has 1 fully saturated rings. The van der Waals surface area contributed by atoms with Gasteiger partial charge in [-0.1, -0.05) is 13.8 Å². The van der Waals surface area contributed by atoms with Crippen LogP contribution < -0.4 is 15.5 Å². The molecule has 1 aliphatic heterocycles. The normalized spacial score (nSPS) is 14.7. The van der Waals surface area contributed by atoms with Crippen LogP contribution in [0.15, 0.2) is 24.3 Å². The van der Waals surface area contributed by atoms with E-state index in [0.29, 0.717) is 31.0 Å². The van der Waals surface area contributed by atoms with E-state index in [2.05, 4.69) is 10.6 Å². The van der Waals surface area contributed by atoms with Crippen molar-refractivity contribution in [3.63, 3.8) is 0 Å². The number of esters is 1. The quantitative estimate of drug-likeness (QED) is 0.651. The van der Waals surface area contributed by atoms with Crippen LogP contribution in [-0.2, 0) is 19.1 Å². The van der Waals surface area contributed by atoms with Gasteiger partial charge in [0.2, 0.25) is 5.91 Å². The second-order valence-electron chi connectivity index (χ2n) is 7.15. The molecular formula is C20H27N3O5. The molecule has 0 radical (unpaired) electrons. The van der Waals surface area contributed by atoms with Gasteiger partial charge in [0.25, 0.3) is 11.8 Å². The van der Waals surface area contributed by atoms with E-state index in [1.54, 1.807) is 29.2 Å². The standard InChI is InChI=1S/C20H27N3O5/c1-13(2)11-21-19(26)14(3)28-18(25)12-22-20(27)15-6-8-16(9-7-15)23-10-4-5-17(23)24/h6-9,13-14H,4-5,10-12H2,1-3H3,(H,21,26)(H,22,27)/t14-/m0/s1. The molecule has 2 N–H and O–H groups in total. The van der Waals surface area contributed by atoms with E-state index < -0.39 is 18.0 Å². The van der Waals surface area contributed by atoms with E-state index >= 15 is 0 Å². The largest absolute Gasteiger partial charge is 0.451 e. The fraction of sp³-hybridized carbons (Fsp3) is 0.500. The average Bonchev–Trinajstić information content (AvgIpc) is 3.10. The first kappa shape index (κ1) is 21.4. The van der Waals surface area contributed by atoms with Gasteiger partial charge in [-0.2, -0.15) is 0 Å². The predicted octanol–water partition coefficient (Wildman–Crippen LogP) is 1.25. The number of carbonyl (C=O) groups is 4. The van der Waals surface area contributed by atoms with E-state index in [1.807, 2.05) is 13.8 Å². The minimum Gasteiger partial charge on any atom is -0.451 e. The maximum atomic E-state index is 12.2. The third-order valence-corrected chi connectivity index (χ3v) is 4.27. The highest BCUT2D eigenvalue weighted by Crippen LogP contribution is 2.21. The zero-order valence-corrected chi connectivity index (χ0v) is 16.5. The lowest BCUT2D eigenvalue weighted by Crippen LogP contribution is -2.39. The summed E-state index contributed by atoms with van der Waals surface area (Å²) >= 11 is 0. The second kappa shape index (κ2) is 9.87. The maximum absolute atomic E-state index is 12.2. The van der Waals surface area contributed by atoms with Crippen LogP contribution in [0.2, 0.25) is 0 Å². The van der Waals surface area contributed by atoms with Crippen molar-refractivity contribution in [2.24, 2.45) is 5.92 Å². The summed E-state index contributed by atoms with van der Waals surface area (Å²) in [4.78, 5) is 49.2. The van der Waals surface area contributed by atoms with Crippen molar-refractivity contribution in [3.05, 3.63) is 29.8 Å². The van der Waals surface area contributed by atoms with Crippen LogP contribution >= 0.6 is 0 Å². The van der Waals surface area contributed by atoms with Gasteiger partial charge in [-0.15, -0.1) is 0 Å². The fourth-order valence-corrected chi connectivity index (χ4v) is 2.71. The molecule has 3 amide bonds. The topological polar surface area (TPSA) is 105 Å². The summed E-state index contributed by atoms with van der Waals surface area (Å²) < 4.78 is 5.02. The van der Waals surface area contributed by atoms with Gasteiger partial charge in [-0.25, -0.2) is 0 Å². The van der Waals surface area contributed by atoms with E-state index in [1.165, 1.54) is 6.92 Å². The van der Waals surface area contributed by atoms with Crippen molar-refractivity contribution >= 4 is 29.4 Å². The third kappa shape index (κ3) is 6.07. The van der Waals surface area contributed by atoms with Gasteiger partial charge in [-0.05, 0) is 43.5 Å². The highest BCUT2D eigenvalue weighted by Gasteiger charge is 2.22. The van der Waals surface area contributed by atoms with Gasteiger partial charge in [0.05, 0.1) is 0 Å². The lowest BCUT2D eigenvalue weighted by Gasteiger charge is -2.16. The Labute approximate surface area is 164 Å². The monoisotopic (exact) mass is 389 g/mol. The Balaban J connectivity index is 1.79. The van der Waals surface area contributed by atoms with E-state index in [-0.39, 0.29) is 18.4 Å². The molecule has 1 aromatic rings. The first-order chi connectivity index (χ1) is 13.3. The van der Waals surface area contributed by atoms with Crippen molar-refractivity contribution in [2.75, 3.05) is 24.5 Å². The Bertz CT molecular complexity index is 730. The van der Waals surface area contributed by atoms with Crippen LogP contribution in [0.25, 0.3) is 0 Å². The smallest absolute Gasteiger partial charge is 0.326 e. The summed E-state index contributed by atoms with van der Waals surface area (Å²) in [5.74, 6) is -1.14. The molecule has 0 saturated carbocycles. The molecule has 0 spiro atoms. The summed E-state index contributed by atoms with van der Waals surface area (Å²) in [6, 6.07) is 6.61. The molecule has 0 unspecified atom stereocenters. The van der Waals surface area contributed by atoms with Gasteiger partial charge in [0, 0.05) is 30.8 Å². The van der Waals surface area contributed by atoms with Gasteiger partial charge in [0.15, 0.2) is 6.10 Å². The molecule has 1 aromatic carbocycles. The van der Waals surface area contributed by atoms with Crippen LogP contribution in [0, 0.1) is 5.92 Å². The number of benzene rings is 1. The van der Waals surface area contributed by atoms with Crippen LogP contribution in [0.4, 0.5) is 5.69 Å². The highest BCUT2D eigenvalue weighted by molar-refractivity contribution is 5.98. The summed E-state index contributed by atoms with van der Waals surface area (Å²) in [7, 11) is 0. The number of carbonyl (C=O) groups excluding carboxylic acids is 4. The Morgan fingerprint density at radius 1 is 1.11 bits per heavy atom. The molecule has 8 heteroatoms.